The molecule has 2 fully saturated rings. The monoisotopic (exact) mass is 450 g/mol. The Hall–Kier alpha value is -2.77. The van der Waals surface area contributed by atoms with Crippen LogP contribution < -0.4 is 14.8 Å². The quantitative estimate of drug-likeness (QED) is 0.526. The largest absolute Gasteiger partial charge is 0.496 e. The van der Waals surface area contributed by atoms with E-state index in [4.69, 9.17) is 19.3 Å². The van der Waals surface area contributed by atoms with E-state index in [0.29, 0.717) is 0 Å². The lowest BCUT2D eigenvalue weighted by Crippen LogP contribution is -2.35. The molecule has 1 aliphatic carbocycles. The molecule has 3 heterocycles. The summed E-state index contributed by atoms with van der Waals surface area (Å²) in [6.07, 6.45) is 3.52. The highest BCUT2D eigenvalue weighted by atomic mass is 16.5. The van der Waals surface area contributed by atoms with E-state index in [-0.39, 0.29) is 0 Å². The molecule has 2 aromatic heterocycles. The normalized spacial score (nSPS) is 16.8. The smallest absolute Gasteiger partial charge is 0.132 e. The van der Waals surface area contributed by atoms with Crippen molar-refractivity contribution in [2.75, 3.05) is 52.4 Å². The second-order valence-corrected chi connectivity index (χ2v) is 8.97. The summed E-state index contributed by atoms with van der Waals surface area (Å²) >= 11 is 0. The van der Waals surface area contributed by atoms with Crippen LogP contribution in [0.25, 0.3) is 16.8 Å². The van der Waals surface area contributed by atoms with E-state index in [9.17, 15) is 0 Å². The first-order chi connectivity index (χ1) is 16.2. The van der Waals surface area contributed by atoms with Gasteiger partial charge in [0.15, 0.2) is 0 Å². The Balaban J connectivity index is 1.56. The Kier molecular flexibility index (Phi) is 6.42. The van der Waals surface area contributed by atoms with E-state index in [2.05, 4.69) is 47.5 Å². The van der Waals surface area contributed by atoms with Crippen molar-refractivity contribution in [3.63, 3.8) is 0 Å². The van der Waals surface area contributed by atoms with Gasteiger partial charge in [0.05, 0.1) is 55.6 Å². The number of ether oxygens (including phenoxy) is 3. The third-order valence-electron chi connectivity index (χ3n) is 6.66. The number of rotatable bonds is 9. The number of aryl methyl sites for hydroxylation is 1. The Bertz CT molecular complexity index is 1090. The Morgan fingerprint density at radius 3 is 2.45 bits per heavy atom. The topological polar surface area (TPSA) is 60.3 Å². The predicted octanol–water partition coefficient (Wildman–Crippen LogP) is 4.24. The lowest BCUT2D eigenvalue weighted by atomic mass is 10.0. The highest BCUT2D eigenvalue weighted by Crippen LogP contribution is 2.41. The van der Waals surface area contributed by atoms with Crippen LogP contribution in [0.1, 0.15) is 31.0 Å². The van der Waals surface area contributed by atoms with Gasteiger partial charge in [-0.1, -0.05) is 13.0 Å². The molecule has 5 rings (SSSR count). The van der Waals surface area contributed by atoms with Crippen molar-refractivity contribution in [1.29, 1.82) is 0 Å². The molecule has 1 saturated heterocycles. The zero-order chi connectivity index (χ0) is 22.8. The van der Waals surface area contributed by atoms with Crippen molar-refractivity contribution in [2.45, 2.75) is 32.7 Å². The number of aromatic nitrogens is 2. The molecule has 176 valence electrons. The van der Waals surface area contributed by atoms with E-state index in [1.165, 1.54) is 18.4 Å². The number of hydrogen-bond acceptors (Lipinski definition) is 6. The van der Waals surface area contributed by atoms with Gasteiger partial charge in [-0.05, 0) is 55.0 Å². The standard InChI is InChI=1S/C26H34N4O3/c1-4-20-26(27-16-18-8-9-18)22-7-5-6-21(30(22)28-20)25-23(31-2)14-19(15-24(25)32-3)17-29-10-12-33-13-11-29/h5-7,14-15,18,27H,4,8-13,16-17H2,1-3H3. The maximum atomic E-state index is 5.89. The van der Waals surface area contributed by atoms with Crippen molar-refractivity contribution < 1.29 is 14.2 Å². The molecule has 1 aromatic carbocycles. The molecule has 7 heteroatoms. The van der Waals surface area contributed by atoms with Gasteiger partial charge in [-0.2, -0.15) is 5.10 Å². The lowest BCUT2D eigenvalue weighted by Gasteiger charge is -2.27. The molecule has 0 atom stereocenters. The third-order valence-corrected chi connectivity index (χ3v) is 6.66. The van der Waals surface area contributed by atoms with Crippen LogP contribution in [0.5, 0.6) is 11.5 Å². The summed E-state index contributed by atoms with van der Waals surface area (Å²) in [4.78, 5) is 2.40. The molecule has 0 unspecified atom stereocenters. The summed E-state index contributed by atoms with van der Waals surface area (Å²) < 4.78 is 19.3. The number of nitrogens with zero attached hydrogens (tertiary/aromatic N) is 3. The average Bonchev–Trinajstić information content (AvgIpc) is 3.61. The number of benzene rings is 1. The highest BCUT2D eigenvalue weighted by Gasteiger charge is 2.24. The second-order valence-electron chi connectivity index (χ2n) is 8.97. The van der Waals surface area contributed by atoms with Gasteiger partial charge in [0.2, 0.25) is 0 Å². The molecule has 0 radical (unpaired) electrons. The first-order valence-corrected chi connectivity index (χ1v) is 12.0. The van der Waals surface area contributed by atoms with Crippen molar-refractivity contribution in [3.8, 4) is 22.8 Å². The number of morpholine rings is 1. The van der Waals surface area contributed by atoms with Crippen LogP contribution in [-0.2, 0) is 17.7 Å². The summed E-state index contributed by atoms with van der Waals surface area (Å²) in [6, 6.07) is 10.6. The van der Waals surface area contributed by atoms with Crippen LogP contribution in [0.2, 0.25) is 0 Å². The van der Waals surface area contributed by atoms with Crippen molar-refractivity contribution in [1.82, 2.24) is 14.5 Å². The highest BCUT2D eigenvalue weighted by molar-refractivity contribution is 5.82. The molecule has 1 saturated carbocycles. The number of fused-ring (bicyclic) bond motifs is 1. The van der Waals surface area contributed by atoms with Crippen LogP contribution >= 0.6 is 0 Å². The average molecular weight is 451 g/mol. The fourth-order valence-electron chi connectivity index (χ4n) is 4.64. The Morgan fingerprint density at radius 2 is 1.82 bits per heavy atom. The first-order valence-electron chi connectivity index (χ1n) is 12.0. The predicted molar refractivity (Wildman–Crippen MR) is 130 cm³/mol. The maximum absolute atomic E-state index is 5.89. The number of hydrogen-bond donors (Lipinski definition) is 1. The molecule has 1 aliphatic heterocycles. The van der Waals surface area contributed by atoms with E-state index in [0.717, 1.165) is 91.4 Å². The minimum absolute atomic E-state index is 0.782. The second kappa shape index (κ2) is 9.61. The molecule has 0 bridgehead atoms. The molecule has 7 nitrogen and oxygen atoms in total. The summed E-state index contributed by atoms with van der Waals surface area (Å²) in [5, 5.41) is 8.67. The molecule has 0 amide bonds. The minimum atomic E-state index is 0.782. The molecular formula is C26H34N4O3. The molecule has 33 heavy (non-hydrogen) atoms. The maximum Gasteiger partial charge on any atom is 0.132 e. The zero-order valence-corrected chi connectivity index (χ0v) is 19.9. The van der Waals surface area contributed by atoms with E-state index >= 15 is 0 Å². The van der Waals surface area contributed by atoms with Crippen LogP contribution in [-0.4, -0.2) is 61.6 Å². The first kappa shape index (κ1) is 22.0. The van der Waals surface area contributed by atoms with Gasteiger partial charge in [-0.25, -0.2) is 4.52 Å². The van der Waals surface area contributed by atoms with Crippen molar-refractivity contribution >= 4 is 11.2 Å². The minimum Gasteiger partial charge on any atom is -0.496 e. The fourth-order valence-corrected chi connectivity index (χ4v) is 4.64. The van der Waals surface area contributed by atoms with Gasteiger partial charge in [-0.15, -0.1) is 0 Å². The summed E-state index contributed by atoms with van der Waals surface area (Å²) in [5.41, 5.74) is 6.39. The zero-order valence-electron chi connectivity index (χ0n) is 19.9. The fraction of sp³-hybridized carbons (Fsp3) is 0.500. The Labute approximate surface area is 195 Å². The SMILES string of the molecule is CCc1nn2c(-c3c(OC)cc(CN4CCOCC4)cc3OC)cccc2c1NCC1CC1. The van der Waals surface area contributed by atoms with E-state index in [1.54, 1.807) is 14.2 Å². The van der Waals surface area contributed by atoms with Crippen LogP contribution in [0, 0.1) is 5.92 Å². The van der Waals surface area contributed by atoms with Crippen LogP contribution in [0.3, 0.4) is 0 Å². The van der Waals surface area contributed by atoms with Gasteiger partial charge in [-0.3, -0.25) is 4.90 Å². The van der Waals surface area contributed by atoms with Crippen LogP contribution in [0.15, 0.2) is 30.3 Å². The molecule has 0 spiro atoms. The summed E-state index contributed by atoms with van der Waals surface area (Å²) in [5.74, 6) is 2.39. The number of methoxy groups -OCH3 is 2. The number of anilines is 1. The molecular weight excluding hydrogens is 416 g/mol. The van der Waals surface area contributed by atoms with Gasteiger partial charge in [0, 0.05) is 26.2 Å². The molecule has 1 N–H and O–H groups in total. The van der Waals surface area contributed by atoms with Gasteiger partial charge < -0.3 is 19.5 Å². The van der Waals surface area contributed by atoms with Gasteiger partial charge in [0.1, 0.15) is 11.5 Å². The van der Waals surface area contributed by atoms with E-state index < -0.39 is 0 Å². The molecule has 2 aliphatic rings. The van der Waals surface area contributed by atoms with Crippen molar-refractivity contribution in [3.05, 3.63) is 41.6 Å². The van der Waals surface area contributed by atoms with Crippen molar-refractivity contribution in [2.24, 2.45) is 5.92 Å². The number of nitrogens with one attached hydrogen (secondary N) is 1. The third kappa shape index (κ3) is 4.52. The van der Waals surface area contributed by atoms with Crippen LogP contribution in [0.4, 0.5) is 5.69 Å². The number of pyridine rings is 1. The summed E-state index contributed by atoms with van der Waals surface area (Å²) in [6.45, 7) is 7.46. The van der Waals surface area contributed by atoms with Gasteiger partial charge in [0.25, 0.3) is 0 Å². The molecule has 3 aromatic rings. The van der Waals surface area contributed by atoms with Gasteiger partial charge >= 0.3 is 0 Å². The Morgan fingerprint density at radius 1 is 1.09 bits per heavy atom. The summed E-state index contributed by atoms with van der Waals surface area (Å²) in [7, 11) is 3.44. The lowest BCUT2D eigenvalue weighted by molar-refractivity contribution is 0.0341. The van der Waals surface area contributed by atoms with E-state index in [1.807, 2.05) is 4.52 Å².